The molecule has 0 unspecified atom stereocenters. The number of H-pyrrole nitrogens is 1. The van der Waals surface area contributed by atoms with E-state index >= 15 is 0 Å². The van der Waals surface area contributed by atoms with Crippen LogP contribution in [0.3, 0.4) is 0 Å². The lowest BCUT2D eigenvalue weighted by atomic mass is 10.1. The molecule has 1 aromatic heterocycles. The van der Waals surface area contributed by atoms with E-state index in [2.05, 4.69) is 15.3 Å². The van der Waals surface area contributed by atoms with E-state index in [4.69, 9.17) is 9.47 Å². The maximum absolute atomic E-state index is 12.8. The van der Waals surface area contributed by atoms with Crippen LogP contribution in [0, 0.1) is 0 Å². The van der Waals surface area contributed by atoms with E-state index in [0.29, 0.717) is 17.0 Å². The molecule has 0 radical (unpaired) electrons. The molecule has 1 heterocycles. The highest BCUT2D eigenvalue weighted by Gasteiger charge is 2.13. The second kappa shape index (κ2) is 8.29. The van der Waals surface area contributed by atoms with Gasteiger partial charge < -0.3 is 19.8 Å². The summed E-state index contributed by atoms with van der Waals surface area (Å²) in [5.74, 6) is 1.80. The zero-order chi connectivity index (χ0) is 21.1. The van der Waals surface area contributed by atoms with Crippen LogP contribution in [-0.2, 0) is 0 Å². The summed E-state index contributed by atoms with van der Waals surface area (Å²) in [6.07, 6.45) is 0.0786. The summed E-state index contributed by atoms with van der Waals surface area (Å²) in [6, 6.07) is 20.5. The first-order valence-electron chi connectivity index (χ1n) is 9.74. The quantitative estimate of drug-likeness (QED) is 0.461. The molecule has 0 fully saturated rings. The molecule has 152 valence electrons. The van der Waals surface area contributed by atoms with Crippen molar-refractivity contribution < 1.29 is 14.3 Å². The fraction of sp³-hybridized carbons (Fsp3) is 0.167. The molecule has 0 saturated carbocycles. The Balaban J connectivity index is 1.59. The topological polar surface area (TPSA) is 76.2 Å². The van der Waals surface area contributed by atoms with Gasteiger partial charge in [0.2, 0.25) is 0 Å². The molecule has 3 aromatic carbocycles. The monoisotopic (exact) mass is 401 g/mol. The lowest BCUT2D eigenvalue weighted by Crippen LogP contribution is -2.13. The first-order chi connectivity index (χ1) is 14.5. The van der Waals surface area contributed by atoms with Crippen molar-refractivity contribution in [3.05, 3.63) is 72.3 Å². The number of fused-ring (bicyclic) bond motifs is 1. The highest BCUT2D eigenvalue weighted by atomic mass is 16.5. The van der Waals surface area contributed by atoms with Gasteiger partial charge in [-0.1, -0.05) is 12.1 Å². The molecule has 0 aliphatic carbocycles. The number of hydrogen-bond donors (Lipinski definition) is 2. The van der Waals surface area contributed by atoms with Crippen LogP contribution in [0.1, 0.15) is 24.2 Å². The summed E-state index contributed by atoms with van der Waals surface area (Å²) in [5.41, 5.74) is 3.79. The Labute approximate surface area is 174 Å². The molecule has 0 aliphatic rings. The Bertz CT molecular complexity index is 1150. The van der Waals surface area contributed by atoms with Crippen molar-refractivity contribution >= 4 is 22.6 Å². The second-order valence-electron chi connectivity index (χ2n) is 7.16. The Morgan fingerprint density at radius 2 is 1.80 bits per heavy atom. The number of aromatic nitrogens is 2. The lowest BCUT2D eigenvalue weighted by molar-refractivity contribution is 0.102. The van der Waals surface area contributed by atoms with Crippen molar-refractivity contribution in [2.45, 2.75) is 20.0 Å². The third-order valence-corrected chi connectivity index (χ3v) is 4.60. The number of rotatable bonds is 6. The van der Waals surface area contributed by atoms with Crippen molar-refractivity contribution in [1.29, 1.82) is 0 Å². The van der Waals surface area contributed by atoms with Gasteiger partial charge in [0.05, 0.1) is 29.9 Å². The molecule has 30 heavy (non-hydrogen) atoms. The van der Waals surface area contributed by atoms with Crippen LogP contribution in [-0.4, -0.2) is 29.1 Å². The average Bonchev–Trinajstić information content (AvgIpc) is 3.18. The molecule has 4 aromatic rings. The van der Waals surface area contributed by atoms with E-state index in [1.807, 2.05) is 56.3 Å². The van der Waals surface area contributed by atoms with E-state index in [-0.39, 0.29) is 12.0 Å². The zero-order valence-electron chi connectivity index (χ0n) is 17.1. The van der Waals surface area contributed by atoms with Crippen molar-refractivity contribution in [1.82, 2.24) is 9.97 Å². The van der Waals surface area contributed by atoms with Crippen molar-refractivity contribution in [2.24, 2.45) is 0 Å². The summed E-state index contributed by atoms with van der Waals surface area (Å²) in [7, 11) is 1.57. The van der Waals surface area contributed by atoms with Gasteiger partial charge in [0, 0.05) is 11.1 Å². The molecule has 0 saturated heterocycles. The minimum absolute atomic E-state index is 0.0786. The Hall–Kier alpha value is -3.80. The van der Waals surface area contributed by atoms with Crippen LogP contribution in [0.5, 0.6) is 11.5 Å². The minimum Gasteiger partial charge on any atom is -0.495 e. The minimum atomic E-state index is -0.230. The van der Waals surface area contributed by atoms with Crippen molar-refractivity contribution in [3.8, 4) is 22.9 Å². The number of methoxy groups -OCH3 is 1. The number of nitrogens with zero attached hydrogens (tertiary/aromatic N) is 1. The van der Waals surface area contributed by atoms with E-state index in [0.717, 1.165) is 28.2 Å². The van der Waals surface area contributed by atoms with Gasteiger partial charge in [0.1, 0.15) is 17.3 Å². The molecule has 0 aliphatic heterocycles. The highest BCUT2D eigenvalue weighted by molar-refractivity contribution is 6.05. The summed E-state index contributed by atoms with van der Waals surface area (Å²) in [5, 5.41) is 2.94. The summed E-state index contributed by atoms with van der Waals surface area (Å²) < 4.78 is 11.1. The van der Waals surface area contributed by atoms with E-state index in [1.165, 1.54) is 0 Å². The van der Waals surface area contributed by atoms with Crippen LogP contribution in [0.2, 0.25) is 0 Å². The van der Waals surface area contributed by atoms with Gasteiger partial charge >= 0.3 is 0 Å². The number of amides is 1. The van der Waals surface area contributed by atoms with Gasteiger partial charge in [-0.2, -0.15) is 0 Å². The number of carbonyl (C=O) groups is 1. The fourth-order valence-electron chi connectivity index (χ4n) is 3.19. The largest absolute Gasteiger partial charge is 0.495 e. The SMILES string of the molecule is COc1ccc(-c2nc3ccccc3[nH]2)cc1NC(=O)c1ccc(OC(C)C)cc1. The van der Waals surface area contributed by atoms with Gasteiger partial charge in [-0.25, -0.2) is 4.98 Å². The number of imidazole rings is 1. The highest BCUT2D eigenvalue weighted by Crippen LogP contribution is 2.31. The van der Waals surface area contributed by atoms with E-state index in [1.54, 1.807) is 31.4 Å². The summed E-state index contributed by atoms with van der Waals surface area (Å²) in [6.45, 7) is 3.92. The molecule has 0 spiro atoms. The van der Waals surface area contributed by atoms with E-state index in [9.17, 15) is 4.79 Å². The molecular weight excluding hydrogens is 378 g/mol. The van der Waals surface area contributed by atoms with Gasteiger partial charge in [-0.3, -0.25) is 4.79 Å². The predicted molar refractivity (Wildman–Crippen MR) is 118 cm³/mol. The summed E-state index contributed by atoms with van der Waals surface area (Å²) in [4.78, 5) is 20.7. The Morgan fingerprint density at radius 3 is 2.50 bits per heavy atom. The van der Waals surface area contributed by atoms with E-state index < -0.39 is 0 Å². The Morgan fingerprint density at radius 1 is 1.03 bits per heavy atom. The maximum Gasteiger partial charge on any atom is 0.255 e. The average molecular weight is 401 g/mol. The van der Waals surface area contributed by atoms with Gasteiger partial charge in [-0.15, -0.1) is 0 Å². The fourth-order valence-corrected chi connectivity index (χ4v) is 3.19. The van der Waals surface area contributed by atoms with Gasteiger partial charge in [0.15, 0.2) is 0 Å². The normalized spacial score (nSPS) is 10.9. The van der Waals surface area contributed by atoms with Crippen molar-refractivity contribution in [3.63, 3.8) is 0 Å². The number of benzene rings is 3. The summed E-state index contributed by atoms with van der Waals surface area (Å²) >= 11 is 0. The number of hydrogen-bond acceptors (Lipinski definition) is 4. The maximum atomic E-state index is 12.8. The zero-order valence-corrected chi connectivity index (χ0v) is 17.1. The first kappa shape index (κ1) is 19.5. The predicted octanol–water partition coefficient (Wildman–Crippen LogP) is 5.28. The van der Waals surface area contributed by atoms with Gasteiger partial charge in [0.25, 0.3) is 5.91 Å². The molecular formula is C24H23N3O3. The Kier molecular flexibility index (Phi) is 5.39. The second-order valence-corrected chi connectivity index (χ2v) is 7.16. The van der Waals surface area contributed by atoms with Gasteiger partial charge in [-0.05, 0) is 68.4 Å². The van der Waals surface area contributed by atoms with Crippen LogP contribution in [0.4, 0.5) is 5.69 Å². The first-order valence-corrected chi connectivity index (χ1v) is 9.74. The molecule has 6 nitrogen and oxygen atoms in total. The standard InChI is InChI=1S/C24H23N3O3/c1-15(2)30-18-11-8-16(9-12-18)24(28)27-21-14-17(10-13-22(21)29-3)23-25-19-6-4-5-7-20(19)26-23/h4-15H,1-3H3,(H,25,26)(H,27,28). The molecule has 6 heteroatoms. The molecule has 0 bridgehead atoms. The number of ether oxygens (including phenoxy) is 2. The molecule has 0 atom stereocenters. The molecule has 2 N–H and O–H groups in total. The molecule has 4 rings (SSSR count). The number of aromatic amines is 1. The number of para-hydroxylation sites is 2. The lowest BCUT2D eigenvalue weighted by Gasteiger charge is -2.13. The van der Waals surface area contributed by atoms with Crippen molar-refractivity contribution in [2.75, 3.05) is 12.4 Å². The molecule has 1 amide bonds. The number of nitrogens with one attached hydrogen (secondary N) is 2. The smallest absolute Gasteiger partial charge is 0.255 e. The number of anilines is 1. The van der Waals surface area contributed by atoms with Crippen LogP contribution < -0.4 is 14.8 Å². The third-order valence-electron chi connectivity index (χ3n) is 4.60. The third kappa shape index (κ3) is 4.12. The number of carbonyl (C=O) groups excluding carboxylic acids is 1. The van der Waals surface area contributed by atoms with Crippen LogP contribution in [0.15, 0.2) is 66.7 Å². The van der Waals surface area contributed by atoms with Crippen LogP contribution in [0.25, 0.3) is 22.4 Å². The van der Waals surface area contributed by atoms with Crippen LogP contribution >= 0.6 is 0 Å².